The summed E-state index contributed by atoms with van der Waals surface area (Å²) in [6.45, 7) is 2.57. The summed E-state index contributed by atoms with van der Waals surface area (Å²) in [5.41, 5.74) is 6.78. The minimum Gasteiger partial charge on any atom is -0.370 e. The van der Waals surface area contributed by atoms with E-state index in [1.807, 2.05) is 67.6 Å². The van der Waals surface area contributed by atoms with E-state index in [-0.39, 0.29) is 0 Å². The highest BCUT2D eigenvalue weighted by Gasteiger charge is 2.07. The van der Waals surface area contributed by atoms with E-state index >= 15 is 0 Å². The molecule has 7 nitrogen and oxygen atoms in total. The Kier molecular flexibility index (Phi) is 7.91. The first-order valence-electron chi connectivity index (χ1n) is 10.7. The van der Waals surface area contributed by atoms with Gasteiger partial charge in [0.25, 0.3) is 0 Å². The lowest BCUT2D eigenvalue weighted by Gasteiger charge is -2.12. The van der Waals surface area contributed by atoms with Gasteiger partial charge in [0.2, 0.25) is 5.95 Å². The molecule has 3 N–H and O–H groups in total. The molecular weight excluding hydrogens is 469 g/mol. The molecule has 2 aromatic carbocycles. The molecule has 9 heteroatoms. The molecule has 0 saturated heterocycles. The fraction of sp³-hybridized carbons (Fsp3) is 0.120. The summed E-state index contributed by atoms with van der Waals surface area (Å²) in [5, 5.41) is 12.1. The number of anilines is 4. The number of hydrogen-bond donors (Lipinski definition) is 3. The second-order valence-electron chi connectivity index (χ2n) is 7.42. The largest absolute Gasteiger partial charge is 0.370 e. The minimum absolute atomic E-state index is 0.449. The molecule has 0 aliphatic heterocycles. The molecule has 4 rings (SSSR count). The zero-order chi connectivity index (χ0) is 23.8. The van der Waals surface area contributed by atoms with Crippen LogP contribution in [0.3, 0.4) is 0 Å². The van der Waals surface area contributed by atoms with Crippen LogP contribution in [0.15, 0.2) is 84.2 Å². The van der Waals surface area contributed by atoms with E-state index in [0.29, 0.717) is 34.2 Å². The number of benzene rings is 2. The van der Waals surface area contributed by atoms with Gasteiger partial charge in [-0.05, 0) is 55.3 Å². The van der Waals surface area contributed by atoms with Crippen LogP contribution in [-0.4, -0.2) is 27.2 Å². The highest BCUT2D eigenvalue weighted by atomic mass is 35.5. The average molecular weight is 492 g/mol. The van der Waals surface area contributed by atoms with E-state index in [4.69, 9.17) is 23.2 Å². The van der Waals surface area contributed by atoms with Gasteiger partial charge in [0.05, 0.1) is 15.8 Å². The Bertz CT molecular complexity index is 1270. The molecule has 34 heavy (non-hydrogen) atoms. The Morgan fingerprint density at radius 3 is 2.41 bits per heavy atom. The van der Waals surface area contributed by atoms with Crippen LogP contribution >= 0.6 is 23.2 Å². The van der Waals surface area contributed by atoms with Crippen LogP contribution in [0.25, 0.3) is 0 Å². The summed E-state index contributed by atoms with van der Waals surface area (Å²) in [6, 6.07) is 21.0. The highest BCUT2D eigenvalue weighted by molar-refractivity contribution is 6.42. The monoisotopic (exact) mass is 491 g/mol. The fourth-order valence-electron chi connectivity index (χ4n) is 3.13. The number of hydrazone groups is 1. The van der Waals surface area contributed by atoms with Gasteiger partial charge < -0.3 is 10.6 Å². The molecule has 0 bridgehead atoms. The van der Waals surface area contributed by atoms with E-state index in [0.717, 1.165) is 28.9 Å². The van der Waals surface area contributed by atoms with Gasteiger partial charge in [-0.15, -0.1) is 0 Å². The predicted molar refractivity (Wildman–Crippen MR) is 140 cm³/mol. The van der Waals surface area contributed by atoms with Gasteiger partial charge in [-0.25, -0.2) is 0 Å². The van der Waals surface area contributed by atoms with Crippen LogP contribution in [0.4, 0.5) is 23.3 Å². The van der Waals surface area contributed by atoms with E-state index in [1.165, 1.54) is 0 Å². The fourth-order valence-corrected chi connectivity index (χ4v) is 3.45. The maximum absolute atomic E-state index is 6.13. The molecular formula is C25H23Cl2N7. The topological polar surface area (TPSA) is 87.1 Å². The number of para-hydroxylation sites is 1. The number of rotatable bonds is 9. The third-order valence-corrected chi connectivity index (χ3v) is 5.64. The van der Waals surface area contributed by atoms with E-state index in [1.54, 1.807) is 18.5 Å². The summed E-state index contributed by atoms with van der Waals surface area (Å²) in [7, 11) is 0. The lowest BCUT2D eigenvalue weighted by Crippen LogP contribution is -2.10. The van der Waals surface area contributed by atoms with Crippen LogP contribution in [0.5, 0.6) is 0 Å². The number of pyridine rings is 1. The van der Waals surface area contributed by atoms with Crippen LogP contribution < -0.4 is 16.1 Å². The average Bonchev–Trinajstić information content (AvgIpc) is 2.86. The first kappa shape index (κ1) is 23.5. The molecule has 0 spiro atoms. The van der Waals surface area contributed by atoms with Crippen molar-refractivity contribution in [2.75, 3.05) is 22.6 Å². The molecule has 0 amide bonds. The van der Waals surface area contributed by atoms with Crippen molar-refractivity contribution >= 4 is 52.2 Å². The zero-order valence-corrected chi connectivity index (χ0v) is 20.0. The van der Waals surface area contributed by atoms with E-state index in [2.05, 4.69) is 36.1 Å². The Balaban J connectivity index is 1.50. The molecule has 4 aromatic rings. The number of halogens is 2. The number of hydrogen-bond acceptors (Lipinski definition) is 7. The Morgan fingerprint density at radius 2 is 1.65 bits per heavy atom. The SMILES string of the molecule is CC(=NNc1cc(NCCc2ccc(Cl)c(Cl)c2)nc(Nc2ccccc2)n1)c1ccncc1. The molecule has 0 radical (unpaired) electrons. The Labute approximate surface area is 208 Å². The van der Waals surface area contributed by atoms with E-state index in [9.17, 15) is 0 Å². The van der Waals surface area contributed by atoms with Gasteiger partial charge in [-0.1, -0.05) is 47.5 Å². The summed E-state index contributed by atoms with van der Waals surface area (Å²) >= 11 is 12.1. The van der Waals surface area contributed by atoms with Crippen LogP contribution in [0.2, 0.25) is 10.0 Å². The van der Waals surface area contributed by atoms with Crippen molar-refractivity contribution in [3.8, 4) is 0 Å². The van der Waals surface area contributed by atoms with Gasteiger partial charge in [-0.3, -0.25) is 10.4 Å². The minimum atomic E-state index is 0.449. The van der Waals surface area contributed by atoms with Crippen LogP contribution in [-0.2, 0) is 6.42 Å². The molecule has 2 aromatic heterocycles. The van der Waals surface area contributed by atoms with Gasteiger partial charge >= 0.3 is 0 Å². The van der Waals surface area contributed by atoms with Crippen molar-refractivity contribution in [2.24, 2.45) is 5.10 Å². The molecule has 2 heterocycles. The maximum atomic E-state index is 6.13. The van der Waals surface area contributed by atoms with Crippen molar-refractivity contribution in [2.45, 2.75) is 13.3 Å². The normalized spacial score (nSPS) is 11.2. The van der Waals surface area contributed by atoms with Crippen molar-refractivity contribution < 1.29 is 0 Å². The lowest BCUT2D eigenvalue weighted by molar-refractivity contribution is 1.000. The molecule has 0 atom stereocenters. The highest BCUT2D eigenvalue weighted by Crippen LogP contribution is 2.23. The van der Waals surface area contributed by atoms with Gasteiger partial charge in [0.1, 0.15) is 5.82 Å². The van der Waals surface area contributed by atoms with Gasteiger partial charge in [0, 0.05) is 36.3 Å². The molecule has 0 saturated carbocycles. The third kappa shape index (κ3) is 6.66. The molecule has 0 aliphatic rings. The summed E-state index contributed by atoms with van der Waals surface area (Å²) in [4.78, 5) is 13.2. The smallest absolute Gasteiger partial charge is 0.231 e. The van der Waals surface area contributed by atoms with Crippen molar-refractivity contribution in [1.82, 2.24) is 15.0 Å². The zero-order valence-electron chi connectivity index (χ0n) is 18.5. The lowest BCUT2D eigenvalue weighted by atomic mass is 10.1. The van der Waals surface area contributed by atoms with Crippen molar-refractivity contribution in [3.63, 3.8) is 0 Å². The molecule has 0 unspecified atom stereocenters. The maximum Gasteiger partial charge on any atom is 0.231 e. The first-order chi connectivity index (χ1) is 16.6. The quantitative estimate of drug-likeness (QED) is 0.185. The van der Waals surface area contributed by atoms with Crippen LogP contribution in [0.1, 0.15) is 18.1 Å². The third-order valence-electron chi connectivity index (χ3n) is 4.90. The number of nitrogens with zero attached hydrogens (tertiary/aromatic N) is 4. The standard InChI is InChI=1S/C25H23Cl2N7/c1-17(19-10-12-28-13-11-19)33-34-24-16-23(29-14-9-18-7-8-21(26)22(27)15-18)31-25(32-24)30-20-5-3-2-4-6-20/h2-8,10-13,15-16H,9,14H2,1H3,(H3,29,30,31,32,34). The summed E-state index contributed by atoms with van der Waals surface area (Å²) in [5.74, 6) is 1.66. The second kappa shape index (κ2) is 11.4. The van der Waals surface area contributed by atoms with Crippen LogP contribution in [0, 0.1) is 0 Å². The Morgan fingerprint density at radius 1 is 0.882 bits per heavy atom. The first-order valence-corrected chi connectivity index (χ1v) is 11.4. The van der Waals surface area contributed by atoms with Gasteiger partial charge in [0.15, 0.2) is 5.82 Å². The second-order valence-corrected chi connectivity index (χ2v) is 8.24. The van der Waals surface area contributed by atoms with E-state index < -0.39 is 0 Å². The molecule has 172 valence electrons. The van der Waals surface area contributed by atoms with Gasteiger partial charge in [-0.2, -0.15) is 15.1 Å². The predicted octanol–water partition coefficient (Wildman–Crippen LogP) is 6.41. The summed E-state index contributed by atoms with van der Waals surface area (Å²) < 4.78 is 0. The Hall–Kier alpha value is -3.68. The summed E-state index contributed by atoms with van der Waals surface area (Å²) in [6.07, 6.45) is 4.22. The van der Waals surface area contributed by atoms with Crippen molar-refractivity contribution in [3.05, 3.63) is 100 Å². The number of aromatic nitrogens is 3. The molecule has 0 fully saturated rings. The number of nitrogens with one attached hydrogen (secondary N) is 3. The van der Waals surface area contributed by atoms with Crippen molar-refractivity contribution in [1.29, 1.82) is 0 Å². The molecule has 0 aliphatic carbocycles.